The highest BCUT2D eigenvalue weighted by atomic mass is 16.5. The number of amides is 1. The van der Waals surface area contributed by atoms with E-state index in [-0.39, 0.29) is 29.4 Å². The molecule has 0 aliphatic heterocycles. The van der Waals surface area contributed by atoms with E-state index >= 15 is 0 Å². The van der Waals surface area contributed by atoms with Crippen molar-refractivity contribution in [2.45, 2.75) is 53.0 Å². The van der Waals surface area contributed by atoms with Crippen molar-refractivity contribution in [2.24, 2.45) is 16.6 Å². The molecule has 0 aromatic heterocycles. The third-order valence-electron chi connectivity index (χ3n) is 3.42. The predicted octanol–water partition coefficient (Wildman–Crippen LogP) is 1.68. The second-order valence-corrected chi connectivity index (χ2v) is 7.02. The van der Waals surface area contributed by atoms with Crippen molar-refractivity contribution in [1.82, 2.24) is 5.32 Å². The topological polar surface area (TPSA) is 64.3 Å². The van der Waals surface area contributed by atoms with Gasteiger partial charge in [0.05, 0.1) is 6.61 Å². The van der Waals surface area contributed by atoms with Gasteiger partial charge in [-0.1, -0.05) is 27.7 Å². The largest absolute Gasteiger partial charge is 0.370 e. The van der Waals surface area contributed by atoms with Crippen LogP contribution in [0.3, 0.4) is 0 Å². The fourth-order valence-corrected chi connectivity index (χ4v) is 3.47. The van der Waals surface area contributed by atoms with Crippen molar-refractivity contribution in [3.05, 3.63) is 0 Å². The van der Waals surface area contributed by atoms with Crippen molar-refractivity contribution in [1.29, 1.82) is 0 Å². The first-order valence-corrected chi connectivity index (χ1v) is 6.81. The van der Waals surface area contributed by atoms with Crippen LogP contribution in [-0.4, -0.2) is 31.7 Å². The molecule has 1 aliphatic rings. The maximum atomic E-state index is 11.7. The van der Waals surface area contributed by atoms with Crippen molar-refractivity contribution in [3.8, 4) is 0 Å². The molecule has 3 N–H and O–H groups in total. The summed E-state index contributed by atoms with van der Waals surface area (Å²) in [6.45, 7) is 10.1. The number of nitrogens with one attached hydrogen (secondary N) is 1. The Bertz CT molecular complexity index is 272. The number of ether oxygens (including phenoxy) is 1. The van der Waals surface area contributed by atoms with Gasteiger partial charge in [0.15, 0.2) is 0 Å². The summed E-state index contributed by atoms with van der Waals surface area (Å²) in [5.74, 6) is -0.0260. The third-order valence-corrected chi connectivity index (χ3v) is 3.42. The highest BCUT2D eigenvalue weighted by Crippen LogP contribution is 2.45. The molecule has 0 aromatic carbocycles. The van der Waals surface area contributed by atoms with Gasteiger partial charge in [0.25, 0.3) is 0 Å². The van der Waals surface area contributed by atoms with E-state index in [2.05, 4.69) is 33.0 Å². The van der Waals surface area contributed by atoms with E-state index in [1.807, 2.05) is 0 Å². The third kappa shape index (κ3) is 5.36. The Morgan fingerprint density at radius 3 is 2.33 bits per heavy atom. The zero-order valence-electron chi connectivity index (χ0n) is 12.2. The van der Waals surface area contributed by atoms with E-state index in [9.17, 15) is 4.79 Å². The molecule has 4 heteroatoms. The van der Waals surface area contributed by atoms with Crippen LogP contribution < -0.4 is 11.1 Å². The van der Waals surface area contributed by atoms with Gasteiger partial charge in [-0.25, -0.2) is 0 Å². The zero-order valence-corrected chi connectivity index (χ0v) is 12.2. The van der Waals surface area contributed by atoms with E-state index in [4.69, 9.17) is 10.5 Å². The number of hydrogen-bond acceptors (Lipinski definition) is 3. The first kappa shape index (κ1) is 15.4. The standard InChI is InChI=1S/C14H28N2O2/c1-13(2)7-11(8-14(3,4)10-13)16-12(17)9-18-6-5-15/h11H,5-10,15H2,1-4H3,(H,16,17). The van der Waals surface area contributed by atoms with Crippen LogP contribution in [0.4, 0.5) is 0 Å². The molecule has 1 rings (SSSR count). The molecule has 0 atom stereocenters. The van der Waals surface area contributed by atoms with Gasteiger partial charge in [-0.3, -0.25) is 4.79 Å². The summed E-state index contributed by atoms with van der Waals surface area (Å²) in [6, 6.07) is 0.262. The van der Waals surface area contributed by atoms with Gasteiger partial charge in [-0.05, 0) is 30.1 Å². The van der Waals surface area contributed by atoms with Crippen LogP contribution in [0, 0.1) is 10.8 Å². The van der Waals surface area contributed by atoms with Crippen molar-refractivity contribution >= 4 is 5.91 Å². The van der Waals surface area contributed by atoms with Crippen molar-refractivity contribution in [3.63, 3.8) is 0 Å². The van der Waals surface area contributed by atoms with Crippen LogP contribution in [0.5, 0.6) is 0 Å². The minimum atomic E-state index is -0.0260. The van der Waals surface area contributed by atoms with Gasteiger partial charge in [-0.15, -0.1) is 0 Å². The van der Waals surface area contributed by atoms with Crippen LogP contribution >= 0.6 is 0 Å². The maximum absolute atomic E-state index is 11.7. The van der Waals surface area contributed by atoms with Gasteiger partial charge in [0.1, 0.15) is 6.61 Å². The Morgan fingerprint density at radius 1 is 1.28 bits per heavy atom. The molecule has 0 bridgehead atoms. The fourth-order valence-electron chi connectivity index (χ4n) is 3.47. The van der Waals surface area contributed by atoms with Crippen LogP contribution in [0.15, 0.2) is 0 Å². The number of hydrogen-bond donors (Lipinski definition) is 2. The van der Waals surface area contributed by atoms with E-state index in [1.54, 1.807) is 0 Å². The molecule has 18 heavy (non-hydrogen) atoms. The average Bonchev–Trinajstić information content (AvgIpc) is 2.12. The Hall–Kier alpha value is -0.610. The predicted molar refractivity (Wildman–Crippen MR) is 73.2 cm³/mol. The molecule has 1 amide bonds. The lowest BCUT2D eigenvalue weighted by Crippen LogP contribution is -2.47. The van der Waals surface area contributed by atoms with Crippen LogP contribution in [-0.2, 0) is 9.53 Å². The molecule has 0 saturated heterocycles. The Kier molecular flexibility index (Phi) is 5.17. The summed E-state index contributed by atoms with van der Waals surface area (Å²) in [5, 5.41) is 3.08. The second kappa shape index (κ2) is 6.02. The fraction of sp³-hybridized carbons (Fsp3) is 0.929. The molecular weight excluding hydrogens is 228 g/mol. The number of carbonyl (C=O) groups excluding carboxylic acids is 1. The summed E-state index contributed by atoms with van der Waals surface area (Å²) < 4.78 is 5.15. The molecular formula is C14H28N2O2. The SMILES string of the molecule is CC1(C)CC(NC(=O)COCCN)CC(C)(C)C1. The number of rotatable bonds is 5. The molecule has 0 radical (unpaired) electrons. The molecule has 0 aromatic rings. The maximum Gasteiger partial charge on any atom is 0.246 e. The lowest BCUT2D eigenvalue weighted by molar-refractivity contribution is -0.127. The van der Waals surface area contributed by atoms with E-state index < -0.39 is 0 Å². The molecule has 106 valence electrons. The van der Waals surface area contributed by atoms with Gasteiger partial charge in [0, 0.05) is 12.6 Å². The highest BCUT2D eigenvalue weighted by Gasteiger charge is 2.38. The Morgan fingerprint density at radius 2 is 1.83 bits per heavy atom. The van der Waals surface area contributed by atoms with Crippen molar-refractivity contribution < 1.29 is 9.53 Å². The van der Waals surface area contributed by atoms with Crippen molar-refractivity contribution in [2.75, 3.05) is 19.8 Å². The minimum Gasteiger partial charge on any atom is -0.370 e. The smallest absolute Gasteiger partial charge is 0.246 e. The minimum absolute atomic E-state index is 0.0260. The molecule has 1 aliphatic carbocycles. The molecule has 1 fully saturated rings. The van der Waals surface area contributed by atoms with Gasteiger partial charge >= 0.3 is 0 Å². The summed E-state index contributed by atoms with van der Waals surface area (Å²) in [5.41, 5.74) is 5.89. The van der Waals surface area contributed by atoms with Crippen LogP contribution in [0.2, 0.25) is 0 Å². The van der Waals surface area contributed by atoms with Gasteiger partial charge < -0.3 is 15.8 Å². The Balaban J connectivity index is 2.44. The second-order valence-electron chi connectivity index (χ2n) is 7.02. The normalized spacial score (nSPS) is 22.7. The first-order valence-electron chi connectivity index (χ1n) is 6.81. The van der Waals surface area contributed by atoms with Crippen LogP contribution in [0.25, 0.3) is 0 Å². The summed E-state index contributed by atoms with van der Waals surface area (Å²) in [4.78, 5) is 11.7. The van der Waals surface area contributed by atoms with Gasteiger partial charge in [-0.2, -0.15) is 0 Å². The highest BCUT2D eigenvalue weighted by molar-refractivity contribution is 5.77. The summed E-state index contributed by atoms with van der Waals surface area (Å²) in [7, 11) is 0. The van der Waals surface area contributed by atoms with Crippen LogP contribution in [0.1, 0.15) is 47.0 Å². The average molecular weight is 256 g/mol. The molecule has 0 heterocycles. The molecule has 0 spiro atoms. The number of carbonyl (C=O) groups is 1. The zero-order chi connectivity index (χ0) is 13.8. The molecule has 4 nitrogen and oxygen atoms in total. The quantitative estimate of drug-likeness (QED) is 0.736. The summed E-state index contributed by atoms with van der Waals surface area (Å²) >= 11 is 0. The van der Waals surface area contributed by atoms with E-state index in [0.29, 0.717) is 13.2 Å². The van der Waals surface area contributed by atoms with E-state index in [1.165, 1.54) is 6.42 Å². The first-order chi connectivity index (χ1) is 8.24. The molecule has 1 saturated carbocycles. The lowest BCUT2D eigenvalue weighted by Gasteiger charge is -2.45. The lowest BCUT2D eigenvalue weighted by atomic mass is 9.63. The monoisotopic (exact) mass is 256 g/mol. The van der Waals surface area contributed by atoms with E-state index in [0.717, 1.165) is 12.8 Å². The Labute approximate surface area is 111 Å². The summed E-state index contributed by atoms with van der Waals surface area (Å²) in [6.07, 6.45) is 3.29. The number of nitrogens with two attached hydrogens (primary N) is 1. The van der Waals surface area contributed by atoms with Gasteiger partial charge in [0.2, 0.25) is 5.91 Å². The molecule has 0 unspecified atom stereocenters.